The number of phenolic OH excluding ortho intramolecular Hbond substituents is 1. The number of fused-ring (bicyclic) bond motifs is 7. The fraction of sp³-hybridized carbons (Fsp3) is 0.514. The van der Waals surface area contributed by atoms with Gasteiger partial charge in [0.1, 0.15) is 24.1 Å². The maximum Gasteiger partial charge on any atom is 0.190 e. The third-order valence-electron chi connectivity index (χ3n) is 12.3. The van der Waals surface area contributed by atoms with E-state index in [9.17, 15) is 24.9 Å². The van der Waals surface area contributed by atoms with E-state index in [0.29, 0.717) is 17.5 Å². The second kappa shape index (κ2) is 11.1. The Hall–Kier alpha value is -3.44. The fourth-order valence-corrected chi connectivity index (χ4v) is 10.0. The molecule has 7 rings (SSSR count). The van der Waals surface area contributed by atoms with Crippen LogP contribution in [-0.2, 0) is 25.5 Å². The van der Waals surface area contributed by atoms with Crippen LogP contribution in [0.15, 0.2) is 66.3 Å². The molecule has 3 saturated carbocycles. The predicted molar refractivity (Wildman–Crippen MR) is 169 cm³/mol. The van der Waals surface area contributed by atoms with Crippen LogP contribution in [0, 0.1) is 28.6 Å². The van der Waals surface area contributed by atoms with Crippen molar-refractivity contribution in [1.29, 1.82) is 0 Å². The molecular weight excluding hydrogens is 608 g/mol. The van der Waals surface area contributed by atoms with Gasteiger partial charge in [0, 0.05) is 47.4 Å². The van der Waals surface area contributed by atoms with Crippen LogP contribution in [0.4, 0.5) is 14.5 Å². The number of carbonyl (C=O) groups is 2. The van der Waals surface area contributed by atoms with Crippen LogP contribution in [0.2, 0.25) is 0 Å². The molecule has 10 atom stereocenters. The average molecular weight is 650 g/mol. The molecule has 2 aromatic carbocycles. The number of rotatable bonds is 6. The Kier molecular flexibility index (Phi) is 7.55. The topological polar surface area (TPSA) is 125 Å². The van der Waals surface area contributed by atoms with E-state index in [-0.39, 0.29) is 37.2 Å². The summed E-state index contributed by atoms with van der Waals surface area (Å²) in [6.07, 6.45) is -0.279. The van der Waals surface area contributed by atoms with E-state index < -0.39 is 76.6 Å². The number of alkyl halides is 2. The van der Waals surface area contributed by atoms with Crippen LogP contribution >= 0.6 is 0 Å². The van der Waals surface area contributed by atoms with Gasteiger partial charge in [-0.25, -0.2) is 8.78 Å². The number of hydrogen-bond donors (Lipinski definition) is 4. The summed E-state index contributed by atoms with van der Waals surface area (Å²) in [6.45, 7) is 2.51. The van der Waals surface area contributed by atoms with Crippen molar-refractivity contribution in [1.82, 2.24) is 0 Å². The Morgan fingerprint density at radius 3 is 2.64 bits per heavy atom. The molecule has 4 fully saturated rings. The zero-order chi connectivity index (χ0) is 33.5. The van der Waals surface area contributed by atoms with Crippen LogP contribution in [-0.4, -0.2) is 70.7 Å². The SMILES string of the molecule is CNc1cccc(Cc2ccc([C@@H]3OC[C@@H]4C[C@H]5[C@@H]6C[C@H](F)C7=CC(=O)C=C[C@]7(C)[C@@]6(F)[C@@H](O)C[C@]5(C)[C@]4(C(=O)CO)O3)cc2O)c1. The number of benzene rings is 2. The van der Waals surface area contributed by atoms with Crippen LogP contribution in [0.1, 0.15) is 56.1 Å². The van der Waals surface area contributed by atoms with Crippen molar-refractivity contribution in [3.8, 4) is 5.75 Å². The minimum absolute atomic E-state index is 0.0207. The maximum absolute atomic E-state index is 17.7. The van der Waals surface area contributed by atoms with E-state index in [4.69, 9.17) is 9.47 Å². The van der Waals surface area contributed by atoms with Crippen molar-refractivity contribution in [3.63, 3.8) is 0 Å². The van der Waals surface area contributed by atoms with Crippen molar-refractivity contribution in [2.24, 2.45) is 28.6 Å². The molecule has 0 spiro atoms. The van der Waals surface area contributed by atoms with E-state index in [2.05, 4.69) is 5.32 Å². The summed E-state index contributed by atoms with van der Waals surface area (Å²) in [4.78, 5) is 26.1. The van der Waals surface area contributed by atoms with Gasteiger partial charge in [-0.05, 0) is 79.2 Å². The van der Waals surface area contributed by atoms with Gasteiger partial charge in [-0.1, -0.05) is 37.3 Å². The van der Waals surface area contributed by atoms with Crippen LogP contribution < -0.4 is 5.32 Å². The molecule has 0 bridgehead atoms. The summed E-state index contributed by atoms with van der Waals surface area (Å²) in [5, 5.41) is 36.2. The van der Waals surface area contributed by atoms with Gasteiger partial charge >= 0.3 is 0 Å². The highest BCUT2D eigenvalue weighted by Crippen LogP contribution is 2.72. The first-order valence-corrected chi connectivity index (χ1v) is 16.3. The van der Waals surface area contributed by atoms with Crippen molar-refractivity contribution >= 4 is 17.3 Å². The first-order valence-electron chi connectivity index (χ1n) is 16.3. The molecule has 4 N–H and O–H groups in total. The van der Waals surface area contributed by atoms with Gasteiger partial charge in [0.05, 0.1) is 12.7 Å². The number of Topliss-reactive ketones (excluding diaryl/α,β-unsaturated/α-hetero) is 1. The van der Waals surface area contributed by atoms with E-state index in [1.807, 2.05) is 31.3 Å². The monoisotopic (exact) mass is 649 g/mol. The summed E-state index contributed by atoms with van der Waals surface area (Å²) < 4.78 is 46.4. The number of allylic oxidation sites excluding steroid dienone is 4. The lowest BCUT2D eigenvalue weighted by molar-refractivity contribution is -0.307. The lowest BCUT2D eigenvalue weighted by atomic mass is 9.44. The number of halogens is 2. The number of phenols is 1. The highest BCUT2D eigenvalue weighted by atomic mass is 19.1. The number of ketones is 2. The predicted octanol–water partition coefficient (Wildman–Crippen LogP) is 4.92. The summed E-state index contributed by atoms with van der Waals surface area (Å²) in [5.41, 5.74) is -3.61. The van der Waals surface area contributed by atoms with Crippen molar-refractivity contribution in [3.05, 3.63) is 83.0 Å². The van der Waals surface area contributed by atoms with Gasteiger partial charge < -0.3 is 30.1 Å². The Labute approximate surface area is 272 Å². The second-order valence-electron chi connectivity index (χ2n) is 14.4. The second-order valence-corrected chi connectivity index (χ2v) is 14.4. The zero-order valence-electron chi connectivity index (χ0n) is 26.7. The van der Waals surface area contributed by atoms with Crippen LogP contribution in [0.5, 0.6) is 5.75 Å². The highest BCUT2D eigenvalue weighted by Gasteiger charge is 2.78. The summed E-state index contributed by atoms with van der Waals surface area (Å²) in [5.74, 6) is -3.21. The Morgan fingerprint density at radius 1 is 1.13 bits per heavy atom. The van der Waals surface area contributed by atoms with Gasteiger partial charge in [0.25, 0.3) is 0 Å². The van der Waals surface area contributed by atoms with Gasteiger partial charge in [0.15, 0.2) is 23.5 Å². The minimum Gasteiger partial charge on any atom is -0.508 e. The molecule has 1 aliphatic heterocycles. The minimum atomic E-state index is -2.31. The highest BCUT2D eigenvalue weighted by molar-refractivity contribution is 6.01. The molecule has 250 valence electrons. The lowest BCUT2D eigenvalue weighted by Crippen LogP contribution is -2.71. The molecule has 8 nitrogen and oxygen atoms in total. The van der Waals surface area contributed by atoms with Crippen LogP contribution in [0.3, 0.4) is 0 Å². The lowest BCUT2D eigenvalue weighted by Gasteiger charge is -2.63. The number of ether oxygens (including phenoxy) is 2. The van der Waals surface area contributed by atoms with Gasteiger partial charge in [-0.2, -0.15) is 0 Å². The first-order chi connectivity index (χ1) is 22.3. The molecule has 1 saturated heterocycles. The Balaban J connectivity index is 1.23. The zero-order valence-corrected chi connectivity index (χ0v) is 26.7. The average Bonchev–Trinajstić information content (AvgIpc) is 3.32. The van der Waals surface area contributed by atoms with Crippen molar-refractivity contribution in [2.45, 2.75) is 69.4 Å². The molecule has 1 heterocycles. The third kappa shape index (κ3) is 4.37. The van der Waals surface area contributed by atoms with Gasteiger partial charge in [-0.3, -0.25) is 9.59 Å². The Bertz CT molecular complexity index is 1690. The molecule has 10 heteroatoms. The van der Waals surface area contributed by atoms with Gasteiger partial charge in [-0.15, -0.1) is 0 Å². The number of aliphatic hydroxyl groups excluding tert-OH is 2. The summed E-state index contributed by atoms with van der Waals surface area (Å²) in [7, 11) is 1.83. The van der Waals surface area contributed by atoms with E-state index in [1.54, 1.807) is 19.1 Å². The van der Waals surface area contributed by atoms with E-state index >= 15 is 8.78 Å². The molecule has 0 aromatic heterocycles. The quantitative estimate of drug-likeness (QED) is 0.348. The molecular formula is C37H41F2NO7. The van der Waals surface area contributed by atoms with Gasteiger partial charge in [0.2, 0.25) is 0 Å². The summed E-state index contributed by atoms with van der Waals surface area (Å²) in [6, 6.07) is 12.9. The number of nitrogens with one attached hydrogen (secondary N) is 1. The largest absolute Gasteiger partial charge is 0.508 e. The number of aromatic hydroxyl groups is 1. The van der Waals surface area contributed by atoms with Crippen molar-refractivity contribution in [2.75, 3.05) is 25.6 Å². The molecule has 0 unspecified atom stereocenters. The number of aliphatic hydroxyl groups is 2. The molecule has 2 aromatic rings. The smallest absolute Gasteiger partial charge is 0.190 e. The molecule has 0 amide bonds. The van der Waals surface area contributed by atoms with E-state index in [1.165, 1.54) is 25.1 Å². The maximum atomic E-state index is 17.7. The number of hydrogen-bond acceptors (Lipinski definition) is 8. The third-order valence-corrected chi connectivity index (χ3v) is 12.3. The molecule has 5 aliphatic rings. The molecule has 4 aliphatic carbocycles. The molecule has 47 heavy (non-hydrogen) atoms. The van der Waals surface area contributed by atoms with Crippen LogP contribution in [0.25, 0.3) is 0 Å². The fourth-order valence-electron chi connectivity index (χ4n) is 10.0. The standard InChI is InChI=1S/C37H41F2NO7/c1-34-10-9-25(42)15-28(34)29(38)16-27-26-14-23-19-46-33(47-37(23,32(45)18-41)35(26,2)17-31(44)36(27,34)39)22-8-7-21(30(43)13-22)11-20-5-4-6-24(12-20)40-3/h4-10,12-13,15,23,26-27,29,31,33,40-41,43-44H,11,14,16-19H2,1-3H3/t23-,26-,27-,29-,31-,33+,34-,35-,36-,37-/m0/s1. The number of anilines is 1. The number of carbonyl (C=O) groups excluding carboxylic acids is 2. The molecule has 0 radical (unpaired) electrons. The first kappa shape index (κ1) is 32.1. The van der Waals surface area contributed by atoms with Crippen molar-refractivity contribution < 1.29 is 43.2 Å². The Morgan fingerprint density at radius 2 is 1.91 bits per heavy atom. The normalized spacial score (nSPS) is 40.5. The summed E-state index contributed by atoms with van der Waals surface area (Å²) >= 11 is 0. The van der Waals surface area contributed by atoms with E-state index in [0.717, 1.165) is 17.3 Å².